The van der Waals surface area contributed by atoms with Crippen LogP contribution in [0.25, 0.3) is 0 Å². The van der Waals surface area contributed by atoms with Crippen LogP contribution >= 0.6 is 0 Å². The van der Waals surface area contributed by atoms with Crippen molar-refractivity contribution in [2.45, 2.75) is 50.6 Å². The van der Waals surface area contributed by atoms with Gasteiger partial charge in [0, 0.05) is 31.9 Å². The lowest BCUT2D eigenvalue weighted by Crippen LogP contribution is -2.51. The highest BCUT2D eigenvalue weighted by molar-refractivity contribution is 5.38. The molecule has 0 aromatic carbocycles. The zero-order valence-corrected chi connectivity index (χ0v) is 11.2. The van der Waals surface area contributed by atoms with Gasteiger partial charge in [-0.25, -0.2) is 0 Å². The molecule has 18 heavy (non-hydrogen) atoms. The summed E-state index contributed by atoms with van der Waals surface area (Å²) in [5.41, 5.74) is 1.13. The summed E-state index contributed by atoms with van der Waals surface area (Å²) >= 11 is 0. The van der Waals surface area contributed by atoms with Gasteiger partial charge in [-0.1, -0.05) is 12.8 Å². The van der Waals surface area contributed by atoms with Crippen LogP contribution in [0.5, 0.6) is 0 Å². The molecule has 1 aromatic rings. The smallest absolute Gasteiger partial charge is 0.0726 e. The van der Waals surface area contributed by atoms with Crippen LogP contribution in [0.15, 0.2) is 12.4 Å². The summed E-state index contributed by atoms with van der Waals surface area (Å²) in [5, 5.41) is 11.5. The molecule has 1 saturated carbocycles. The lowest BCUT2D eigenvalue weighted by Gasteiger charge is -2.40. The minimum absolute atomic E-state index is 0.629. The first-order valence-corrected chi connectivity index (χ1v) is 7.30. The molecule has 2 fully saturated rings. The molecule has 1 aliphatic heterocycles. The molecular formula is C14H24N4. The number of nitrogens with zero attached hydrogens (tertiary/aromatic N) is 2. The predicted molar refractivity (Wildman–Crippen MR) is 73.6 cm³/mol. The van der Waals surface area contributed by atoms with Gasteiger partial charge in [0.25, 0.3) is 0 Å². The maximum Gasteiger partial charge on any atom is 0.0726 e. The van der Waals surface area contributed by atoms with E-state index in [-0.39, 0.29) is 0 Å². The molecular weight excluding hydrogens is 224 g/mol. The third-order valence-corrected chi connectivity index (χ3v) is 4.50. The van der Waals surface area contributed by atoms with E-state index in [1.807, 2.05) is 24.1 Å². The van der Waals surface area contributed by atoms with Gasteiger partial charge < -0.3 is 10.6 Å². The second-order valence-electron chi connectivity index (χ2n) is 5.88. The second-order valence-corrected chi connectivity index (χ2v) is 5.88. The molecule has 2 aliphatic rings. The minimum atomic E-state index is 0.629. The number of hydrogen-bond donors (Lipinski definition) is 2. The fourth-order valence-electron chi connectivity index (χ4n) is 3.49. The van der Waals surface area contributed by atoms with Gasteiger partial charge in [0.1, 0.15) is 0 Å². The third kappa shape index (κ3) is 2.69. The Morgan fingerprint density at radius 3 is 3.06 bits per heavy atom. The molecule has 2 heterocycles. The monoisotopic (exact) mass is 248 g/mol. The Morgan fingerprint density at radius 1 is 1.33 bits per heavy atom. The van der Waals surface area contributed by atoms with Gasteiger partial charge in [0.15, 0.2) is 0 Å². The van der Waals surface area contributed by atoms with Crippen molar-refractivity contribution >= 4 is 5.69 Å². The highest BCUT2D eigenvalue weighted by atomic mass is 15.3. The molecule has 3 rings (SSSR count). The van der Waals surface area contributed by atoms with E-state index in [4.69, 9.17) is 0 Å². The van der Waals surface area contributed by atoms with E-state index in [9.17, 15) is 0 Å². The Labute approximate surface area is 109 Å². The fraction of sp³-hybridized carbons (Fsp3) is 0.786. The Morgan fingerprint density at radius 2 is 2.22 bits per heavy atom. The van der Waals surface area contributed by atoms with Gasteiger partial charge in [0.2, 0.25) is 0 Å². The van der Waals surface area contributed by atoms with Gasteiger partial charge in [-0.05, 0) is 31.6 Å². The van der Waals surface area contributed by atoms with E-state index in [2.05, 4.69) is 15.7 Å². The first kappa shape index (κ1) is 12.0. The first-order valence-electron chi connectivity index (χ1n) is 7.30. The lowest BCUT2D eigenvalue weighted by atomic mass is 9.78. The van der Waals surface area contributed by atoms with Crippen LogP contribution in [0.1, 0.15) is 38.5 Å². The van der Waals surface area contributed by atoms with Crippen LogP contribution in [-0.2, 0) is 7.05 Å². The molecule has 1 aliphatic carbocycles. The number of rotatable bonds is 3. The van der Waals surface area contributed by atoms with Crippen molar-refractivity contribution in [1.82, 2.24) is 15.1 Å². The van der Waals surface area contributed by atoms with E-state index in [0.29, 0.717) is 6.04 Å². The molecule has 100 valence electrons. The third-order valence-electron chi connectivity index (χ3n) is 4.50. The van der Waals surface area contributed by atoms with Crippen molar-refractivity contribution in [2.75, 3.05) is 11.9 Å². The SMILES string of the molecule is Cn1cc(NCC2CCC3CCCCC3N2)cn1. The number of anilines is 1. The van der Waals surface area contributed by atoms with Crippen molar-refractivity contribution in [1.29, 1.82) is 0 Å². The molecule has 3 atom stereocenters. The summed E-state index contributed by atoms with van der Waals surface area (Å²) in [7, 11) is 1.96. The first-order chi connectivity index (χ1) is 8.81. The molecule has 0 spiro atoms. The maximum atomic E-state index is 4.18. The summed E-state index contributed by atoms with van der Waals surface area (Å²) in [6.45, 7) is 1.02. The fourth-order valence-corrected chi connectivity index (χ4v) is 3.49. The number of aryl methyl sites for hydroxylation is 1. The van der Waals surface area contributed by atoms with Crippen molar-refractivity contribution < 1.29 is 0 Å². The summed E-state index contributed by atoms with van der Waals surface area (Å²) in [6, 6.07) is 1.41. The van der Waals surface area contributed by atoms with Crippen LogP contribution in [-0.4, -0.2) is 28.4 Å². The molecule has 0 radical (unpaired) electrons. The van der Waals surface area contributed by atoms with Crippen molar-refractivity contribution in [3.05, 3.63) is 12.4 Å². The van der Waals surface area contributed by atoms with Gasteiger partial charge in [-0.3, -0.25) is 4.68 Å². The van der Waals surface area contributed by atoms with Gasteiger partial charge in [-0.15, -0.1) is 0 Å². The number of nitrogens with one attached hydrogen (secondary N) is 2. The molecule has 1 aromatic heterocycles. The highest BCUT2D eigenvalue weighted by Gasteiger charge is 2.31. The van der Waals surface area contributed by atoms with Crippen LogP contribution < -0.4 is 10.6 Å². The normalized spacial score (nSPS) is 31.9. The Hall–Kier alpha value is -1.03. The average molecular weight is 248 g/mol. The maximum absolute atomic E-state index is 4.18. The lowest BCUT2D eigenvalue weighted by molar-refractivity contribution is 0.180. The van der Waals surface area contributed by atoms with Gasteiger partial charge in [-0.2, -0.15) is 5.10 Å². The predicted octanol–water partition coefficient (Wildman–Crippen LogP) is 2.14. The summed E-state index contributed by atoms with van der Waals surface area (Å²) < 4.78 is 1.84. The van der Waals surface area contributed by atoms with Crippen LogP contribution in [0, 0.1) is 5.92 Å². The summed E-state index contributed by atoms with van der Waals surface area (Å²) in [4.78, 5) is 0. The standard InChI is InChI=1S/C14H24N4/c1-18-10-13(9-16-18)15-8-12-7-6-11-4-2-3-5-14(11)17-12/h9-12,14-15,17H,2-8H2,1H3. The zero-order valence-electron chi connectivity index (χ0n) is 11.2. The molecule has 1 saturated heterocycles. The van der Waals surface area contributed by atoms with Crippen LogP contribution in [0.4, 0.5) is 5.69 Å². The van der Waals surface area contributed by atoms with Crippen LogP contribution in [0.3, 0.4) is 0 Å². The largest absolute Gasteiger partial charge is 0.381 e. The molecule has 0 bridgehead atoms. The number of aromatic nitrogens is 2. The van der Waals surface area contributed by atoms with Crippen LogP contribution in [0.2, 0.25) is 0 Å². The molecule has 4 nitrogen and oxygen atoms in total. The van der Waals surface area contributed by atoms with E-state index in [1.54, 1.807) is 0 Å². The topological polar surface area (TPSA) is 41.9 Å². The average Bonchev–Trinajstić information content (AvgIpc) is 2.82. The van der Waals surface area contributed by atoms with Crippen molar-refractivity contribution in [2.24, 2.45) is 13.0 Å². The van der Waals surface area contributed by atoms with E-state index in [1.165, 1.54) is 38.5 Å². The quantitative estimate of drug-likeness (QED) is 0.861. The molecule has 0 amide bonds. The van der Waals surface area contributed by atoms with Crippen molar-refractivity contribution in [3.63, 3.8) is 0 Å². The number of hydrogen-bond acceptors (Lipinski definition) is 3. The van der Waals surface area contributed by atoms with E-state index >= 15 is 0 Å². The zero-order chi connectivity index (χ0) is 12.4. The van der Waals surface area contributed by atoms with Gasteiger partial charge >= 0.3 is 0 Å². The molecule has 4 heteroatoms. The van der Waals surface area contributed by atoms with E-state index in [0.717, 1.165) is 24.2 Å². The highest BCUT2D eigenvalue weighted by Crippen LogP contribution is 2.32. The molecule has 3 unspecified atom stereocenters. The Bertz CT molecular complexity index is 387. The minimum Gasteiger partial charge on any atom is -0.381 e. The summed E-state index contributed by atoms with van der Waals surface area (Å²) in [5.74, 6) is 0.952. The van der Waals surface area contributed by atoms with Crippen molar-refractivity contribution in [3.8, 4) is 0 Å². The van der Waals surface area contributed by atoms with E-state index < -0.39 is 0 Å². The summed E-state index contributed by atoms with van der Waals surface area (Å²) in [6.07, 6.45) is 12.3. The Balaban J connectivity index is 1.49. The Kier molecular flexibility index (Phi) is 3.55. The van der Waals surface area contributed by atoms with Gasteiger partial charge in [0.05, 0.1) is 11.9 Å². The second kappa shape index (κ2) is 5.31. The number of fused-ring (bicyclic) bond motifs is 1. The molecule has 2 N–H and O–H groups in total. The number of piperidine rings is 1.